The summed E-state index contributed by atoms with van der Waals surface area (Å²) in [6, 6.07) is 10.5. The largest absolute Gasteiger partial charge is 0.573 e. The maximum Gasteiger partial charge on any atom is 0.573 e. The van der Waals surface area contributed by atoms with Crippen molar-refractivity contribution < 1.29 is 31.1 Å². The topological polar surface area (TPSA) is 9.23 Å². The van der Waals surface area contributed by atoms with E-state index in [9.17, 15) is 26.3 Å². The molecule has 32 heavy (non-hydrogen) atoms. The van der Waals surface area contributed by atoms with Gasteiger partial charge in [-0.15, -0.1) is 13.2 Å². The van der Waals surface area contributed by atoms with Crippen LogP contribution in [0.5, 0.6) is 5.75 Å². The fourth-order valence-corrected chi connectivity index (χ4v) is 3.91. The molecule has 0 radical (unpaired) electrons. The second kappa shape index (κ2) is 8.37. The molecule has 3 aromatic carbocycles. The highest BCUT2D eigenvalue weighted by Crippen LogP contribution is 2.35. The van der Waals surface area contributed by atoms with Gasteiger partial charge in [0.2, 0.25) is 0 Å². The lowest BCUT2D eigenvalue weighted by Gasteiger charge is -2.20. The van der Waals surface area contributed by atoms with E-state index in [1.165, 1.54) is 30.3 Å². The molecule has 0 saturated heterocycles. The first kappa shape index (κ1) is 22.0. The van der Waals surface area contributed by atoms with E-state index in [2.05, 4.69) is 4.74 Å². The minimum atomic E-state index is -4.81. The molecule has 0 amide bonds. The molecule has 0 saturated carbocycles. The Morgan fingerprint density at radius 2 is 1.50 bits per heavy atom. The number of ether oxygens (including phenoxy) is 1. The second-order valence-corrected chi connectivity index (χ2v) is 7.57. The molecule has 0 fully saturated rings. The molecular weight excluding hydrogens is 430 g/mol. The SMILES string of the molecule is CCc1cc(F)c(C2=CCc3cc(-c4ccc(OC(F)(F)F)cc4)c(F)cc3C2)c(F)c1. The van der Waals surface area contributed by atoms with Crippen molar-refractivity contribution in [2.24, 2.45) is 0 Å². The number of rotatable bonds is 4. The Hall–Kier alpha value is -3.22. The van der Waals surface area contributed by atoms with Crippen LogP contribution in [0.1, 0.15) is 29.2 Å². The summed E-state index contributed by atoms with van der Waals surface area (Å²) in [5.74, 6) is -2.26. The minimum Gasteiger partial charge on any atom is -0.406 e. The van der Waals surface area contributed by atoms with Crippen LogP contribution in [0.25, 0.3) is 16.7 Å². The summed E-state index contributed by atoms with van der Waals surface area (Å²) in [5.41, 5.74) is 2.92. The van der Waals surface area contributed by atoms with E-state index in [-0.39, 0.29) is 17.5 Å². The molecule has 7 heteroatoms. The number of alkyl halides is 3. The standard InChI is InChI=1S/C25H18F6O/c1-2-14-9-22(27)24(23(28)10-14)17-4-3-16-12-20(21(26)13-18(16)11-17)15-5-7-19(8-6-15)32-25(29,30)31/h4-10,12-13H,2-3,11H2,1H3. The smallest absolute Gasteiger partial charge is 0.406 e. The van der Waals surface area contributed by atoms with E-state index < -0.39 is 29.6 Å². The van der Waals surface area contributed by atoms with Gasteiger partial charge in [-0.25, -0.2) is 13.2 Å². The Bertz CT molecular complexity index is 1170. The molecule has 166 valence electrons. The van der Waals surface area contributed by atoms with Gasteiger partial charge in [-0.2, -0.15) is 0 Å². The van der Waals surface area contributed by atoms with Crippen LogP contribution in [-0.2, 0) is 19.3 Å². The summed E-state index contributed by atoms with van der Waals surface area (Å²) >= 11 is 0. The predicted octanol–water partition coefficient (Wildman–Crippen LogP) is 7.41. The highest BCUT2D eigenvalue weighted by atomic mass is 19.4. The number of hydrogen-bond acceptors (Lipinski definition) is 1. The number of aryl methyl sites for hydroxylation is 1. The lowest BCUT2D eigenvalue weighted by atomic mass is 9.85. The zero-order chi connectivity index (χ0) is 23.0. The van der Waals surface area contributed by atoms with Crippen molar-refractivity contribution in [3.05, 3.63) is 94.3 Å². The number of hydrogen-bond donors (Lipinski definition) is 0. The molecule has 0 unspecified atom stereocenters. The molecular formula is C25H18F6O. The molecule has 0 heterocycles. The van der Waals surface area contributed by atoms with Crippen LogP contribution in [0.4, 0.5) is 26.3 Å². The monoisotopic (exact) mass is 448 g/mol. The van der Waals surface area contributed by atoms with E-state index in [4.69, 9.17) is 0 Å². The highest BCUT2D eigenvalue weighted by Gasteiger charge is 2.31. The lowest BCUT2D eigenvalue weighted by molar-refractivity contribution is -0.274. The van der Waals surface area contributed by atoms with Gasteiger partial charge in [0.15, 0.2) is 0 Å². The van der Waals surface area contributed by atoms with Crippen LogP contribution in [-0.4, -0.2) is 6.36 Å². The molecule has 0 spiro atoms. The first-order chi connectivity index (χ1) is 15.1. The highest BCUT2D eigenvalue weighted by molar-refractivity contribution is 5.74. The van der Waals surface area contributed by atoms with Gasteiger partial charge in [0.05, 0.1) is 0 Å². The number of fused-ring (bicyclic) bond motifs is 1. The van der Waals surface area contributed by atoms with E-state index in [1.54, 1.807) is 19.1 Å². The van der Waals surface area contributed by atoms with Crippen LogP contribution in [0.2, 0.25) is 0 Å². The molecule has 0 aromatic heterocycles. The molecule has 3 aromatic rings. The third-order valence-corrected chi connectivity index (χ3v) is 5.47. The van der Waals surface area contributed by atoms with Gasteiger partial charge in [0.25, 0.3) is 0 Å². The fraction of sp³-hybridized carbons (Fsp3) is 0.200. The summed E-state index contributed by atoms with van der Waals surface area (Å²) in [5, 5.41) is 0. The minimum absolute atomic E-state index is 0.0995. The fourth-order valence-electron chi connectivity index (χ4n) is 3.91. The molecule has 0 atom stereocenters. The normalized spacial score (nSPS) is 13.5. The van der Waals surface area contributed by atoms with E-state index >= 15 is 0 Å². The molecule has 0 N–H and O–H groups in total. The van der Waals surface area contributed by atoms with Crippen LogP contribution < -0.4 is 4.74 Å². The Labute approximate surface area is 181 Å². The van der Waals surface area contributed by atoms with Gasteiger partial charge < -0.3 is 4.74 Å². The van der Waals surface area contributed by atoms with Crippen molar-refractivity contribution in [3.8, 4) is 16.9 Å². The van der Waals surface area contributed by atoms with Gasteiger partial charge in [0.1, 0.15) is 23.2 Å². The molecule has 4 rings (SSSR count). The summed E-state index contributed by atoms with van der Waals surface area (Å²) < 4.78 is 84.7. The van der Waals surface area contributed by atoms with Gasteiger partial charge in [-0.05, 0) is 83.5 Å². The molecule has 1 aliphatic rings. The van der Waals surface area contributed by atoms with E-state index in [0.717, 1.165) is 17.7 Å². The van der Waals surface area contributed by atoms with E-state index in [1.807, 2.05) is 0 Å². The molecule has 1 aliphatic carbocycles. The van der Waals surface area contributed by atoms with Crippen LogP contribution >= 0.6 is 0 Å². The lowest BCUT2D eigenvalue weighted by Crippen LogP contribution is -2.16. The Balaban J connectivity index is 1.62. The predicted molar refractivity (Wildman–Crippen MR) is 110 cm³/mol. The van der Waals surface area contributed by atoms with Crippen LogP contribution in [0, 0.1) is 17.5 Å². The van der Waals surface area contributed by atoms with Crippen molar-refractivity contribution in [2.45, 2.75) is 32.5 Å². The zero-order valence-electron chi connectivity index (χ0n) is 17.0. The average Bonchev–Trinajstić information content (AvgIpc) is 2.72. The number of halogens is 6. The molecule has 1 nitrogen and oxygen atoms in total. The summed E-state index contributed by atoms with van der Waals surface area (Å²) in [6.45, 7) is 1.81. The van der Waals surface area contributed by atoms with Crippen molar-refractivity contribution in [2.75, 3.05) is 0 Å². The first-order valence-corrected chi connectivity index (χ1v) is 9.99. The Morgan fingerprint density at radius 3 is 2.09 bits per heavy atom. The summed E-state index contributed by atoms with van der Waals surface area (Å²) in [6.07, 6.45) is -2.06. The van der Waals surface area contributed by atoms with Crippen molar-refractivity contribution in [1.82, 2.24) is 0 Å². The number of allylic oxidation sites excluding steroid dienone is 2. The van der Waals surface area contributed by atoms with Crippen molar-refractivity contribution >= 4 is 5.57 Å². The van der Waals surface area contributed by atoms with Crippen LogP contribution in [0.15, 0.2) is 54.6 Å². The van der Waals surface area contributed by atoms with Gasteiger partial charge in [0, 0.05) is 11.1 Å². The number of benzene rings is 3. The quantitative estimate of drug-likeness (QED) is 0.378. The van der Waals surface area contributed by atoms with Crippen molar-refractivity contribution in [1.29, 1.82) is 0 Å². The average molecular weight is 448 g/mol. The summed E-state index contributed by atoms with van der Waals surface area (Å²) in [4.78, 5) is 0. The Morgan fingerprint density at radius 1 is 0.844 bits per heavy atom. The summed E-state index contributed by atoms with van der Waals surface area (Å²) in [7, 11) is 0. The zero-order valence-corrected chi connectivity index (χ0v) is 17.0. The third-order valence-electron chi connectivity index (χ3n) is 5.47. The van der Waals surface area contributed by atoms with Gasteiger partial charge in [-0.3, -0.25) is 0 Å². The second-order valence-electron chi connectivity index (χ2n) is 7.57. The van der Waals surface area contributed by atoms with E-state index in [0.29, 0.717) is 35.1 Å². The maximum atomic E-state index is 14.8. The molecule has 0 aliphatic heterocycles. The van der Waals surface area contributed by atoms with Crippen LogP contribution in [0.3, 0.4) is 0 Å². The molecule has 0 bridgehead atoms. The third kappa shape index (κ3) is 4.52. The van der Waals surface area contributed by atoms with Crippen molar-refractivity contribution in [3.63, 3.8) is 0 Å². The maximum absolute atomic E-state index is 14.8. The van der Waals surface area contributed by atoms with Gasteiger partial charge >= 0.3 is 6.36 Å². The first-order valence-electron chi connectivity index (χ1n) is 9.99. The Kier molecular flexibility index (Phi) is 5.75. The van der Waals surface area contributed by atoms with Gasteiger partial charge in [-0.1, -0.05) is 25.1 Å².